The maximum absolute atomic E-state index is 9.39. The molecular formula is C16H28N2O2. The minimum absolute atomic E-state index is 0.774. The molecule has 114 valence electrons. The van der Waals surface area contributed by atoms with Gasteiger partial charge in [0.1, 0.15) is 5.71 Å². The number of ether oxygens (including phenoxy) is 1. The van der Waals surface area contributed by atoms with Crippen molar-refractivity contribution < 1.29 is 9.94 Å². The molecule has 0 saturated carbocycles. The second kappa shape index (κ2) is 9.01. The molecule has 2 aliphatic rings. The van der Waals surface area contributed by atoms with Crippen LogP contribution in [0.3, 0.4) is 0 Å². The maximum Gasteiger partial charge on any atom is 0.102 e. The summed E-state index contributed by atoms with van der Waals surface area (Å²) in [6.07, 6.45) is 13.2. The summed E-state index contributed by atoms with van der Waals surface area (Å²) in [5, 5.41) is 13.0. The van der Waals surface area contributed by atoms with Gasteiger partial charge in [0.05, 0.1) is 18.9 Å². The molecule has 2 rings (SSSR count). The van der Waals surface area contributed by atoms with Gasteiger partial charge >= 0.3 is 0 Å². The number of hydrogen-bond donors (Lipinski definition) is 1. The molecule has 0 aromatic carbocycles. The molecule has 1 fully saturated rings. The van der Waals surface area contributed by atoms with Crippen molar-refractivity contribution in [2.24, 2.45) is 5.16 Å². The van der Waals surface area contributed by atoms with E-state index in [-0.39, 0.29) is 0 Å². The molecule has 4 nitrogen and oxygen atoms in total. The number of hydrogen-bond acceptors (Lipinski definition) is 4. The first-order chi connectivity index (χ1) is 9.92. The van der Waals surface area contributed by atoms with Crippen molar-refractivity contribution in [2.45, 2.75) is 57.8 Å². The Morgan fingerprint density at radius 2 is 1.60 bits per heavy atom. The molecule has 0 aromatic heterocycles. The average molecular weight is 280 g/mol. The summed E-state index contributed by atoms with van der Waals surface area (Å²) in [5.41, 5.74) is 2.02. The fourth-order valence-corrected chi connectivity index (χ4v) is 3.02. The second-order valence-corrected chi connectivity index (χ2v) is 5.75. The zero-order chi connectivity index (χ0) is 14.0. The lowest BCUT2D eigenvalue weighted by Gasteiger charge is -2.31. The van der Waals surface area contributed by atoms with Gasteiger partial charge in [0, 0.05) is 13.1 Å². The summed E-state index contributed by atoms with van der Waals surface area (Å²) >= 11 is 0. The molecule has 1 aliphatic carbocycles. The van der Waals surface area contributed by atoms with E-state index in [4.69, 9.17) is 4.74 Å². The summed E-state index contributed by atoms with van der Waals surface area (Å²) in [4.78, 5) is 2.32. The van der Waals surface area contributed by atoms with E-state index in [2.05, 4.69) is 16.1 Å². The van der Waals surface area contributed by atoms with Crippen LogP contribution in [0.2, 0.25) is 0 Å². The van der Waals surface area contributed by atoms with Gasteiger partial charge in [-0.1, -0.05) is 43.3 Å². The summed E-state index contributed by atoms with van der Waals surface area (Å²) in [5.74, 6) is 0. The van der Waals surface area contributed by atoms with E-state index < -0.39 is 0 Å². The standard InChI is InChI=1S/C16H28N2O2/c19-17-15-9-7-5-3-1-2-4-6-8-10-16(15)18-11-13-20-14-12-18/h10,19H,1-9,11-14H2. The Kier molecular flexibility index (Phi) is 6.92. The van der Waals surface area contributed by atoms with Crippen molar-refractivity contribution >= 4 is 5.71 Å². The van der Waals surface area contributed by atoms with E-state index in [0.29, 0.717) is 0 Å². The molecule has 1 saturated heterocycles. The number of rotatable bonds is 1. The van der Waals surface area contributed by atoms with Gasteiger partial charge in [-0.2, -0.15) is 0 Å². The predicted molar refractivity (Wildman–Crippen MR) is 81.2 cm³/mol. The van der Waals surface area contributed by atoms with E-state index in [1.165, 1.54) is 38.5 Å². The van der Waals surface area contributed by atoms with Crippen LogP contribution in [-0.4, -0.2) is 42.1 Å². The molecule has 0 radical (unpaired) electrons. The van der Waals surface area contributed by atoms with Gasteiger partial charge in [0.2, 0.25) is 0 Å². The average Bonchev–Trinajstić information content (AvgIpc) is 2.49. The molecule has 0 spiro atoms. The first-order valence-electron chi connectivity index (χ1n) is 8.16. The highest BCUT2D eigenvalue weighted by Crippen LogP contribution is 2.19. The number of oxime groups is 1. The highest BCUT2D eigenvalue weighted by atomic mass is 16.5. The first-order valence-corrected chi connectivity index (χ1v) is 8.16. The molecule has 20 heavy (non-hydrogen) atoms. The zero-order valence-electron chi connectivity index (χ0n) is 12.5. The Bertz CT molecular complexity index is 333. The Labute approximate surface area is 122 Å². The van der Waals surface area contributed by atoms with Crippen molar-refractivity contribution in [3.63, 3.8) is 0 Å². The van der Waals surface area contributed by atoms with Gasteiger partial charge in [0.25, 0.3) is 0 Å². The third-order valence-electron chi connectivity index (χ3n) is 4.22. The third-order valence-corrected chi connectivity index (χ3v) is 4.22. The fourth-order valence-electron chi connectivity index (χ4n) is 3.02. The van der Waals surface area contributed by atoms with Gasteiger partial charge in [-0.25, -0.2) is 0 Å². The van der Waals surface area contributed by atoms with Crippen molar-refractivity contribution in [2.75, 3.05) is 26.3 Å². The van der Waals surface area contributed by atoms with E-state index in [1.54, 1.807) is 0 Å². The minimum Gasteiger partial charge on any atom is -0.411 e. The van der Waals surface area contributed by atoms with Crippen LogP contribution in [0.25, 0.3) is 0 Å². The van der Waals surface area contributed by atoms with Crippen molar-refractivity contribution in [3.8, 4) is 0 Å². The van der Waals surface area contributed by atoms with Crippen LogP contribution in [0.5, 0.6) is 0 Å². The Morgan fingerprint density at radius 1 is 0.950 bits per heavy atom. The van der Waals surface area contributed by atoms with Gasteiger partial charge < -0.3 is 14.8 Å². The Hall–Kier alpha value is -1.03. The molecule has 0 aromatic rings. The van der Waals surface area contributed by atoms with Crippen molar-refractivity contribution in [1.82, 2.24) is 4.90 Å². The van der Waals surface area contributed by atoms with E-state index in [9.17, 15) is 5.21 Å². The second-order valence-electron chi connectivity index (χ2n) is 5.75. The van der Waals surface area contributed by atoms with E-state index in [0.717, 1.165) is 57.0 Å². The Morgan fingerprint density at radius 3 is 2.30 bits per heavy atom. The quantitative estimate of drug-likeness (QED) is 0.590. The number of allylic oxidation sites excluding steroid dienone is 2. The molecule has 1 aliphatic heterocycles. The molecule has 1 N–H and O–H groups in total. The predicted octanol–water partition coefficient (Wildman–Crippen LogP) is 3.56. The van der Waals surface area contributed by atoms with Crippen molar-refractivity contribution in [1.29, 1.82) is 0 Å². The zero-order valence-corrected chi connectivity index (χ0v) is 12.5. The summed E-state index contributed by atoms with van der Waals surface area (Å²) in [7, 11) is 0. The molecule has 0 bridgehead atoms. The molecule has 1 heterocycles. The van der Waals surface area contributed by atoms with Crippen LogP contribution in [-0.2, 0) is 4.74 Å². The van der Waals surface area contributed by atoms with Gasteiger partial charge in [-0.15, -0.1) is 0 Å². The molecular weight excluding hydrogens is 252 g/mol. The van der Waals surface area contributed by atoms with Crippen LogP contribution in [0.1, 0.15) is 57.8 Å². The fraction of sp³-hybridized carbons (Fsp3) is 0.812. The van der Waals surface area contributed by atoms with Crippen LogP contribution < -0.4 is 0 Å². The molecule has 4 heteroatoms. The Balaban J connectivity index is 2.06. The lowest BCUT2D eigenvalue weighted by molar-refractivity contribution is 0.0560. The lowest BCUT2D eigenvalue weighted by atomic mass is 10.0. The number of morpholine rings is 1. The SMILES string of the molecule is ON=C1CCCCCCCCCC=C1N1CCOCC1. The highest BCUT2D eigenvalue weighted by molar-refractivity contribution is 5.99. The minimum atomic E-state index is 0.774. The lowest BCUT2D eigenvalue weighted by Crippen LogP contribution is -2.38. The summed E-state index contributed by atoms with van der Waals surface area (Å²) in [6, 6.07) is 0. The van der Waals surface area contributed by atoms with Crippen molar-refractivity contribution in [3.05, 3.63) is 11.8 Å². The van der Waals surface area contributed by atoms with Crippen LogP contribution in [0.15, 0.2) is 16.9 Å². The van der Waals surface area contributed by atoms with E-state index in [1.807, 2.05) is 0 Å². The highest BCUT2D eigenvalue weighted by Gasteiger charge is 2.18. The summed E-state index contributed by atoms with van der Waals surface area (Å²) in [6.45, 7) is 3.36. The molecule has 0 atom stereocenters. The van der Waals surface area contributed by atoms with Gasteiger partial charge in [-0.05, 0) is 25.7 Å². The molecule has 0 unspecified atom stereocenters. The smallest absolute Gasteiger partial charge is 0.102 e. The third kappa shape index (κ3) is 4.82. The topological polar surface area (TPSA) is 45.1 Å². The van der Waals surface area contributed by atoms with Gasteiger partial charge in [-0.3, -0.25) is 0 Å². The monoisotopic (exact) mass is 280 g/mol. The van der Waals surface area contributed by atoms with Gasteiger partial charge in [0.15, 0.2) is 0 Å². The van der Waals surface area contributed by atoms with Crippen LogP contribution in [0, 0.1) is 0 Å². The normalized spacial score (nSPS) is 25.7. The van der Waals surface area contributed by atoms with E-state index >= 15 is 0 Å². The summed E-state index contributed by atoms with van der Waals surface area (Å²) < 4.78 is 5.43. The largest absolute Gasteiger partial charge is 0.411 e. The molecule has 0 amide bonds. The number of nitrogens with zero attached hydrogens (tertiary/aromatic N) is 2. The maximum atomic E-state index is 9.39. The first kappa shape index (κ1) is 15.4. The van der Waals surface area contributed by atoms with Crippen LogP contribution >= 0.6 is 0 Å². The van der Waals surface area contributed by atoms with Crippen LogP contribution in [0.4, 0.5) is 0 Å².